The lowest BCUT2D eigenvalue weighted by molar-refractivity contribution is 0.171. The lowest BCUT2D eigenvalue weighted by Gasteiger charge is -2.20. The van der Waals surface area contributed by atoms with Crippen molar-refractivity contribution in [3.8, 4) is 11.5 Å². The normalized spacial score (nSPS) is 13.2. The van der Waals surface area contributed by atoms with Crippen molar-refractivity contribution >= 4 is 5.69 Å². The molecule has 0 unspecified atom stereocenters. The fraction of sp³-hybridized carbons (Fsp3) is 0.231. The Balaban J connectivity index is 2.00. The van der Waals surface area contributed by atoms with E-state index in [1.54, 1.807) is 12.1 Å². The standard InChI is InChI=1S/C13H13N3O4/c14-9-6-11-10(19-3-4-20-11)5-8(9)7-16-13(18)2-1-12(17)15-16/h1-2,5-6H,3-4,7,14H2,(H,15,17). The average molecular weight is 275 g/mol. The number of benzene rings is 1. The first-order valence-electron chi connectivity index (χ1n) is 6.11. The number of nitrogens with two attached hydrogens (primary N) is 1. The van der Waals surface area contributed by atoms with E-state index >= 15 is 0 Å². The van der Waals surface area contributed by atoms with Crippen LogP contribution in [0.4, 0.5) is 5.69 Å². The third kappa shape index (κ3) is 2.25. The first-order valence-corrected chi connectivity index (χ1v) is 6.11. The maximum Gasteiger partial charge on any atom is 0.265 e. The monoisotopic (exact) mass is 275 g/mol. The molecule has 0 amide bonds. The van der Waals surface area contributed by atoms with Gasteiger partial charge in [0.15, 0.2) is 11.5 Å². The molecule has 0 fully saturated rings. The van der Waals surface area contributed by atoms with E-state index in [9.17, 15) is 9.59 Å². The van der Waals surface area contributed by atoms with E-state index in [1.165, 1.54) is 16.8 Å². The highest BCUT2D eigenvalue weighted by molar-refractivity contribution is 5.58. The van der Waals surface area contributed by atoms with Gasteiger partial charge in [0.2, 0.25) is 0 Å². The summed E-state index contributed by atoms with van der Waals surface area (Å²) >= 11 is 0. The maximum absolute atomic E-state index is 11.7. The number of rotatable bonds is 2. The molecular weight excluding hydrogens is 262 g/mol. The Labute approximate surface area is 113 Å². The molecule has 2 aromatic rings. The van der Waals surface area contributed by atoms with Crippen LogP contribution in [0.1, 0.15) is 5.56 Å². The second-order valence-corrected chi connectivity index (χ2v) is 4.43. The molecule has 0 aliphatic carbocycles. The van der Waals surface area contributed by atoms with Gasteiger partial charge in [-0.2, -0.15) is 0 Å². The molecule has 2 heterocycles. The van der Waals surface area contributed by atoms with Crippen LogP contribution in [0.25, 0.3) is 0 Å². The molecule has 0 spiro atoms. The van der Waals surface area contributed by atoms with Crippen molar-refractivity contribution < 1.29 is 9.47 Å². The summed E-state index contributed by atoms with van der Waals surface area (Å²) < 4.78 is 12.1. The van der Waals surface area contributed by atoms with E-state index in [4.69, 9.17) is 15.2 Å². The van der Waals surface area contributed by atoms with Crippen LogP contribution in [0.3, 0.4) is 0 Å². The van der Waals surface area contributed by atoms with Crippen molar-refractivity contribution in [3.05, 3.63) is 50.5 Å². The van der Waals surface area contributed by atoms with Gasteiger partial charge in [-0.25, -0.2) is 4.68 Å². The highest BCUT2D eigenvalue weighted by atomic mass is 16.6. The number of anilines is 1. The van der Waals surface area contributed by atoms with Crippen LogP contribution in [0.15, 0.2) is 33.9 Å². The van der Waals surface area contributed by atoms with Gasteiger partial charge in [-0.1, -0.05) is 0 Å². The fourth-order valence-corrected chi connectivity index (χ4v) is 2.03. The number of nitrogen functional groups attached to an aromatic ring is 1. The van der Waals surface area contributed by atoms with Crippen molar-refractivity contribution in [2.24, 2.45) is 0 Å². The first-order chi connectivity index (χ1) is 9.63. The second-order valence-electron chi connectivity index (χ2n) is 4.43. The molecule has 0 saturated carbocycles. The molecule has 1 aromatic heterocycles. The smallest absolute Gasteiger partial charge is 0.265 e. The van der Waals surface area contributed by atoms with Crippen molar-refractivity contribution in [2.45, 2.75) is 6.54 Å². The number of H-pyrrole nitrogens is 1. The van der Waals surface area contributed by atoms with Gasteiger partial charge in [-0.05, 0) is 6.07 Å². The van der Waals surface area contributed by atoms with Crippen LogP contribution < -0.4 is 26.3 Å². The molecule has 1 aliphatic rings. The molecule has 0 saturated heterocycles. The lowest BCUT2D eigenvalue weighted by atomic mass is 10.1. The topological polar surface area (TPSA) is 99.3 Å². The maximum atomic E-state index is 11.7. The van der Waals surface area contributed by atoms with Gasteiger partial charge in [-0.3, -0.25) is 14.7 Å². The quantitative estimate of drug-likeness (QED) is 0.748. The zero-order valence-electron chi connectivity index (χ0n) is 10.6. The number of fused-ring (bicyclic) bond motifs is 1. The summed E-state index contributed by atoms with van der Waals surface area (Å²) in [4.78, 5) is 22.9. The van der Waals surface area contributed by atoms with Crippen molar-refractivity contribution in [2.75, 3.05) is 18.9 Å². The van der Waals surface area contributed by atoms with E-state index in [1.807, 2.05) is 0 Å². The van der Waals surface area contributed by atoms with Crippen molar-refractivity contribution in [1.29, 1.82) is 0 Å². The number of hydrogen-bond acceptors (Lipinski definition) is 5. The Morgan fingerprint density at radius 1 is 1.15 bits per heavy atom. The van der Waals surface area contributed by atoms with Gasteiger partial charge >= 0.3 is 0 Å². The van der Waals surface area contributed by atoms with E-state index in [0.717, 1.165) is 0 Å². The molecule has 104 valence electrons. The van der Waals surface area contributed by atoms with Gasteiger partial charge < -0.3 is 15.2 Å². The minimum absolute atomic E-state index is 0.164. The molecule has 7 nitrogen and oxygen atoms in total. The summed E-state index contributed by atoms with van der Waals surface area (Å²) in [5.41, 5.74) is 6.44. The van der Waals surface area contributed by atoms with Crippen LogP contribution in [0, 0.1) is 0 Å². The van der Waals surface area contributed by atoms with Gasteiger partial charge in [0.1, 0.15) is 13.2 Å². The zero-order chi connectivity index (χ0) is 14.1. The molecule has 1 aromatic carbocycles. The molecule has 0 atom stereocenters. The number of nitrogens with zero attached hydrogens (tertiary/aromatic N) is 1. The minimum Gasteiger partial charge on any atom is -0.486 e. The Hall–Kier alpha value is -2.70. The molecule has 7 heteroatoms. The number of ether oxygens (including phenoxy) is 2. The van der Waals surface area contributed by atoms with Gasteiger partial charge in [0.05, 0.1) is 6.54 Å². The minimum atomic E-state index is -0.347. The van der Waals surface area contributed by atoms with Crippen LogP contribution in [0.2, 0.25) is 0 Å². The number of aromatic nitrogens is 2. The Kier molecular flexibility index (Phi) is 2.94. The van der Waals surface area contributed by atoms with Crippen LogP contribution in [-0.2, 0) is 6.54 Å². The number of nitrogens with one attached hydrogen (secondary N) is 1. The molecule has 1 aliphatic heterocycles. The summed E-state index contributed by atoms with van der Waals surface area (Å²) in [7, 11) is 0. The first kappa shape index (κ1) is 12.3. The Morgan fingerprint density at radius 2 is 1.85 bits per heavy atom. The molecule has 3 rings (SSSR count). The van der Waals surface area contributed by atoms with Crippen LogP contribution in [-0.4, -0.2) is 23.0 Å². The highest BCUT2D eigenvalue weighted by Gasteiger charge is 2.15. The third-order valence-corrected chi connectivity index (χ3v) is 3.02. The van der Waals surface area contributed by atoms with E-state index in [-0.39, 0.29) is 17.7 Å². The van der Waals surface area contributed by atoms with Crippen molar-refractivity contribution in [1.82, 2.24) is 9.78 Å². The molecule has 20 heavy (non-hydrogen) atoms. The Morgan fingerprint density at radius 3 is 2.60 bits per heavy atom. The predicted octanol–water partition coefficient (Wildman–Crippen LogP) is -0.0617. The zero-order valence-corrected chi connectivity index (χ0v) is 10.6. The van der Waals surface area contributed by atoms with Gasteiger partial charge in [0.25, 0.3) is 11.1 Å². The number of hydrogen-bond donors (Lipinski definition) is 2. The average Bonchev–Trinajstić information content (AvgIpc) is 2.43. The lowest BCUT2D eigenvalue weighted by Crippen LogP contribution is -2.28. The summed E-state index contributed by atoms with van der Waals surface area (Å²) in [6.07, 6.45) is 0. The number of aromatic amines is 1. The van der Waals surface area contributed by atoms with Gasteiger partial charge in [0, 0.05) is 29.4 Å². The SMILES string of the molecule is Nc1cc2c(cc1Cn1[nH]c(=O)ccc1=O)OCCO2. The van der Waals surface area contributed by atoms with Crippen molar-refractivity contribution in [3.63, 3.8) is 0 Å². The summed E-state index contributed by atoms with van der Waals surface area (Å²) in [5, 5.41) is 2.45. The highest BCUT2D eigenvalue weighted by Crippen LogP contribution is 2.34. The van der Waals surface area contributed by atoms with Gasteiger partial charge in [-0.15, -0.1) is 0 Å². The predicted molar refractivity (Wildman–Crippen MR) is 72.3 cm³/mol. The largest absolute Gasteiger partial charge is 0.486 e. The summed E-state index contributed by atoms with van der Waals surface area (Å²) in [5.74, 6) is 1.18. The fourth-order valence-electron chi connectivity index (χ4n) is 2.03. The molecular formula is C13H13N3O4. The molecule has 0 bridgehead atoms. The molecule has 0 radical (unpaired) electrons. The van der Waals surface area contributed by atoms with Crippen LogP contribution >= 0.6 is 0 Å². The van der Waals surface area contributed by atoms with E-state index in [0.29, 0.717) is 36.0 Å². The van der Waals surface area contributed by atoms with Crippen LogP contribution in [0.5, 0.6) is 11.5 Å². The molecule has 3 N–H and O–H groups in total. The summed E-state index contributed by atoms with van der Waals surface area (Å²) in [6, 6.07) is 5.79. The summed E-state index contributed by atoms with van der Waals surface area (Å²) in [6.45, 7) is 1.12. The second kappa shape index (κ2) is 4.76. The Bertz CT molecular complexity index is 763. The third-order valence-electron chi connectivity index (χ3n) is 3.02. The van der Waals surface area contributed by atoms with E-state index in [2.05, 4.69) is 5.10 Å². The van der Waals surface area contributed by atoms with E-state index < -0.39 is 0 Å².